The number of hydrogen-bond donors (Lipinski definition) is 2. The molecule has 0 saturated carbocycles. The van der Waals surface area contributed by atoms with Crippen LogP contribution in [0.3, 0.4) is 0 Å². The maximum atomic E-state index is 13.0. The van der Waals surface area contributed by atoms with Crippen molar-refractivity contribution in [1.29, 1.82) is 0 Å². The van der Waals surface area contributed by atoms with Gasteiger partial charge < -0.3 is 5.32 Å². The SMILES string of the molecule is C=CCNCC=C.CCCC(F)C(F)(F)C(F)(F)C(F)(F)C(F)(F)S(=O)(=O)O. The van der Waals surface area contributed by atoms with E-state index in [2.05, 4.69) is 18.5 Å². The van der Waals surface area contributed by atoms with Crippen LogP contribution in [0.5, 0.6) is 0 Å². The Labute approximate surface area is 156 Å². The Bertz CT molecular complexity index is 601. The van der Waals surface area contributed by atoms with Crippen LogP contribution in [0.2, 0.25) is 0 Å². The van der Waals surface area contributed by atoms with Crippen molar-refractivity contribution in [2.75, 3.05) is 13.1 Å². The quantitative estimate of drug-likeness (QED) is 0.210. The van der Waals surface area contributed by atoms with E-state index >= 15 is 0 Å². The standard InChI is InChI=1S/C8H9F9O3S.C6H11N/c1-2-3-4(9)5(10,11)6(12,13)7(14,15)8(16,17)21(18,19)20;1-3-5-7-6-4-2/h4H,2-3H2,1H3,(H,18,19,20);3-4,7H,1-2,5-6H2. The largest absolute Gasteiger partial charge is 0.438 e. The zero-order valence-corrected chi connectivity index (χ0v) is 15.4. The molecule has 0 rings (SSSR count). The van der Waals surface area contributed by atoms with Gasteiger partial charge in [0.1, 0.15) is 0 Å². The summed E-state index contributed by atoms with van der Waals surface area (Å²) >= 11 is 0. The highest BCUT2D eigenvalue weighted by Crippen LogP contribution is 2.55. The number of nitrogens with one attached hydrogen (secondary N) is 1. The molecule has 0 aliphatic rings. The Morgan fingerprint density at radius 3 is 1.64 bits per heavy atom. The van der Waals surface area contributed by atoms with E-state index in [1.165, 1.54) is 0 Å². The average Bonchev–Trinajstić information content (AvgIpc) is 2.54. The third-order valence-electron chi connectivity index (χ3n) is 3.02. The molecule has 0 bridgehead atoms. The summed E-state index contributed by atoms with van der Waals surface area (Å²) in [6.45, 7) is 9.83. The number of hydrogen-bond acceptors (Lipinski definition) is 3. The first-order valence-electron chi connectivity index (χ1n) is 7.44. The lowest BCUT2D eigenvalue weighted by Gasteiger charge is -2.36. The van der Waals surface area contributed by atoms with E-state index in [0.717, 1.165) is 20.0 Å². The van der Waals surface area contributed by atoms with E-state index in [-0.39, 0.29) is 0 Å². The summed E-state index contributed by atoms with van der Waals surface area (Å²) in [5.74, 6) is -20.6. The maximum absolute atomic E-state index is 13.0. The van der Waals surface area contributed by atoms with E-state index in [1.54, 1.807) is 0 Å². The van der Waals surface area contributed by atoms with Crippen molar-refractivity contribution in [2.45, 2.75) is 49.0 Å². The topological polar surface area (TPSA) is 66.4 Å². The van der Waals surface area contributed by atoms with E-state index in [0.29, 0.717) is 0 Å². The normalized spacial score (nSPS) is 14.7. The molecule has 0 aliphatic carbocycles. The van der Waals surface area contributed by atoms with Crippen LogP contribution < -0.4 is 5.32 Å². The van der Waals surface area contributed by atoms with Crippen molar-refractivity contribution in [3.63, 3.8) is 0 Å². The Balaban J connectivity index is 0. The van der Waals surface area contributed by atoms with Gasteiger partial charge >= 0.3 is 33.1 Å². The molecule has 0 aromatic rings. The molecule has 0 aliphatic heterocycles. The monoisotopic (exact) mass is 453 g/mol. The highest BCUT2D eigenvalue weighted by molar-refractivity contribution is 7.87. The minimum atomic E-state index is -7.25. The van der Waals surface area contributed by atoms with Crippen LogP contribution in [-0.2, 0) is 10.1 Å². The second kappa shape index (κ2) is 10.5. The van der Waals surface area contributed by atoms with Gasteiger partial charge in [-0.1, -0.05) is 25.5 Å². The third kappa shape index (κ3) is 6.11. The highest BCUT2D eigenvalue weighted by Gasteiger charge is 2.85. The first kappa shape index (κ1) is 28.9. The Kier molecular flexibility index (Phi) is 10.8. The molecule has 0 fully saturated rings. The summed E-state index contributed by atoms with van der Waals surface area (Å²) in [5, 5.41) is -3.90. The average molecular weight is 453 g/mol. The molecule has 0 amide bonds. The van der Waals surface area contributed by atoms with E-state index in [1.807, 2.05) is 12.2 Å². The first-order valence-corrected chi connectivity index (χ1v) is 8.88. The predicted molar refractivity (Wildman–Crippen MR) is 84.4 cm³/mol. The highest BCUT2D eigenvalue weighted by atomic mass is 32.2. The molecule has 1 atom stereocenters. The molecule has 0 heterocycles. The van der Waals surface area contributed by atoms with E-state index in [9.17, 15) is 47.9 Å². The summed E-state index contributed by atoms with van der Waals surface area (Å²) in [4.78, 5) is 0. The lowest BCUT2D eigenvalue weighted by atomic mass is 9.98. The lowest BCUT2D eigenvalue weighted by molar-refractivity contribution is -0.359. The van der Waals surface area contributed by atoms with Crippen LogP contribution in [0.15, 0.2) is 25.3 Å². The van der Waals surface area contributed by atoms with Gasteiger partial charge in [0.05, 0.1) is 0 Å². The molecular formula is C14H20F9NO3S. The predicted octanol–water partition coefficient (Wildman–Crippen LogP) is 4.46. The van der Waals surface area contributed by atoms with Crippen LogP contribution >= 0.6 is 0 Å². The fourth-order valence-electron chi connectivity index (χ4n) is 1.47. The summed E-state index contributed by atoms with van der Waals surface area (Å²) in [6.07, 6.45) is -2.16. The summed E-state index contributed by atoms with van der Waals surface area (Å²) in [5.41, 5.74) is 0. The van der Waals surface area contributed by atoms with Gasteiger partial charge in [-0.05, 0) is 6.42 Å². The zero-order chi connectivity index (χ0) is 23.0. The smallest absolute Gasteiger partial charge is 0.310 e. The molecule has 0 radical (unpaired) electrons. The minimum absolute atomic E-state index is 0.507. The molecule has 0 aromatic carbocycles. The van der Waals surface area contributed by atoms with Crippen molar-refractivity contribution in [1.82, 2.24) is 5.32 Å². The molecule has 0 spiro atoms. The van der Waals surface area contributed by atoms with Crippen LogP contribution in [0, 0.1) is 0 Å². The molecule has 28 heavy (non-hydrogen) atoms. The Hall–Kier alpha value is -1.28. The zero-order valence-electron chi connectivity index (χ0n) is 14.5. The molecule has 14 heteroatoms. The maximum Gasteiger partial charge on any atom is 0.438 e. The van der Waals surface area contributed by atoms with Gasteiger partial charge in [-0.25, -0.2) is 4.39 Å². The summed E-state index contributed by atoms with van der Waals surface area (Å²) in [7, 11) is -7.16. The fourth-order valence-corrected chi connectivity index (χ4v) is 1.93. The number of alkyl halides is 9. The van der Waals surface area contributed by atoms with Gasteiger partial charge in [0.2, 0.25) is 0 Å². The third-order valence-corrected chi connectivity index (χ3v) is 3.92. The van der Waals surface area contributed by atoms with Gasteiger partial charge in [-0.15, -0.1) is 13.2 Å². The van der Waals surface area contributed by atoms with Crippen molar-refractivity contribution >= 4 is 10.1 Å². The molecule has 168 valence electrons. The van der Waals surface area contributed by atoms with E-state index < -0.39 is 52.2 Å². The van der Waals surface area contributed by atoms with Gasteiger partial charge in [0.15, 0.2) is 6.17 Å². The van der Waals surface area contributed by atoms with Crippen molar-refractivity contribution in [2.24, 2.45) is 0 Å². The van der Waals surface area contributed by atoms with Crippen molar-refractivity contribution in [3.8, 4) is 0 Å². The second-order valence-corrected chi connectivity index (χ2v) is 6.72. The molecule has 0 saturated heterocycles. The van der Waals surface area contributed by atoms with E-state index in [4.69, 9.17) is 4.55 Å². The Morgan fingerprint density at radius 1 is 0.964 bits per heavy atom. The van der Waals surface area contributed by atoms with Gasteiger partial charge in [0, 0.05) is 13.1 Å². The van der Waals surface area contributed by atoms with Crippen molar-refractivity contribution < 1.29 is 52.5 Å². The van der Waals surface area contributed by atoms with Gasteiger partial charge in [0.25, 0.3) is 0 Å². The Morgan fingerprint density at radius 2 is 1.36 bits per heavy atom. The number of rotatable bonds is 11. The molecule has 1 unspecified atom stereocenters. The fraction of sp³-hybridized carbons (Fsp3) is 0.714. The van der Waals surface area contributed by atoms with Crippen LogP contribution in [0.4, 0.5) is 39.5 Å². The van der Waals surface area contributed by atoms with Gasteiger partial charge in [-0.3, -0.25) is 4.55 Å². The van der Waals surface area contributed by atoms with Crippen LogP contribution in [0.1, 0.15) is 19.8 Å². The lowest BCUT2D eigenvalue weighted by Crippen LogP contribution is -2.66. The molecular weight excluding hydrogens is 433 g/mol. The summed E-state index contributed by atoms with van der Waals surface area (Å²) < 4.78 is 144. The first-order chi connectivity index (χ1) is 12.4. The summed E-state index contributed by atoms with van der Waals surface area (Å²) in [6, 6.07) is 0. The van der Waals surface area contributed by atoms with Crippen LogP contribution in [-0.4, -0.2) is 55.3 Å². The van der Waals surface area contributed by atoms with Crippen molar-refractivity contribution in [3.05, 3.63) is 25.3 Å². The van der Waals surface area contributed by atoms with Crippen LogP contribution in [0.25, 0.3) is 0 Å². The molecule has 0 aromatic heterocycles. The minimum Gasteiger partial charge on any atom is -0.310 e. The second-order valence-electron chi connectivity index (χ2n) is 5.26. The number of halogens is 9. The molecule has 4 nitrogen and oxygen atoms in total. The van der Waals surface area contributed by atoms with Gasteiger partial charge in [-0.2, -0.15) is 43.5 Å². The molecule has 2 N–H and O–H groups in total.